The van der Waals surface area contributed by atoms with Crippen LogP contribution in [0.1, 0.15) is 38.2 Å². The maximum atomic E-state index is 12.2. The molecule has 5 nitrogen and oxygen atoms in total. The number of carbonyl (C=O) groups excluding carboxylic acids is 1. The molecular weight excluding hydrogens is 304 g/mol. The molecule has 128 valence electrons. The topological polar surface area (TPSA) is 71.3 Å². The highest BCUT2D eigenvalue weighted by molar-refractivity contribution is 5.78. The van der Waals surface area contributed by atoms with Gasteiger partial charge in [-0.2, -0.15) is 5.26 Å². The van der Waals surface area contributed by atoms with E-state index in [0.717, 1.165) is 11.8 Å². The summed E-state index contributed by atoms with van der Waals surface area (Å²) in [5.41, 5.74) is 0.494. The van der Waals surface area contributed by atoms with Crippen molar-refractivity contribution in [3.63, 3.8) is 0 Å². The molecule has 1 aromatic carbocycles. The Hall–Kier alpha value is -2.22. The molecule has 1 aromatic rings. The molecule has 24 heavy (non-hydrogen) atoms. The highest BCUT2D eigenvalue weighted by Crippen LogP contribution is 2.49. The Labute approximate surface area is 142 Å². The summed E-state index contributed by atoms with van der Waals surface area (Å²) in [6, 6.07) is 7.15. The van der Waals surface area contributed by atoms with Gasteiger partial charge in [-0.15, -0.1) is 0 Å². The lowest BCUT2D eigenvalue weighted by atomic mass is 9.84. The number of hydrogen-bond acceptors (Lipinski definition) is 4. The zero-order chi connectivity index (χ0) is 17.1. The summed E-state index contributed by atoms with van der Waals surface area (Å²) in [6.45, 7) is 2.05. The predicted molar refractivity (Wildman–Crippen MR) is 89.7 cm³/mol. The summed E-state index contributed by atoms with van der Waals surface area (Å²) in [5.74, 6) is 3.08. The first kappa shape index (κ1) is 16.6. The second-order valence-electron chi connectivity index (χ2n) is 6.96. The summed E-state index contributed by atoms with van der Waals surface area (Å²) in [6.07, 6.45) is 5.26. The van der Waals surface area contributed by atoms with E-state index in [2.05, 4.69) is 12.2 Å². The van der Waals surface area contributed by atoms with Crippen molar-refractivity contribution < 1.29 is 14.3 Å². The number of fused-ring (bicyclic) bond motifs is 2. The number of carbonyl (C=O) groups is 1. The Morgan fingerprint density at radius 3 is 2.83 bits per heavy atom. The highest BCUT2D eigenvalue weighted by atomic mass is 16.5. The minimum absolute atomic E-state index is 0.0482. The molecule has 4 atom stereocenters. The average molecular weight is 328 g/mol. The van der Waals surface area contributed by atoms with E-state index >= 15 is 0 Å². The summed E-state index contributed by atoms with van der Waals surface area (Å²) in [7, 11) is 1.51. The van der Waals surface area contributed by atoms with Crippen LogP contribution in [-0.4, -0.2) is 25.7 Å². The largest absolute Gasteiger partial charge is 0.493 e. The first-order chi connectivity index (χ1) is 11.6. The van der Waals surface area contributed by atoms with E-state index in [9.17, 15) is 4.79 Å². The van der Waals surface area contributed by atoms with E-state index in [1.54, 1.807) is 18.2 Å². The summed E-state index contributed by atoms with van der Waals surface area (Å²) >= 11 is 0. The van der Waals surface area contributed by atoms with Gasteiger partial charge in [0.1, 0.15) is 0 Å². The minimum atomic E-state index is -0.114. The van der Waals surface area contributed by atoms with E-state index in [1.165, 1.54) is 32.8 Å². The Morgan fingerprint density at radius 2 is 2.21 bits per heavy atom. The molecule has 0 aromatic heterocycles. The molecule has 2 aliphatic rings. The number of methoxy groups -OCH3 is 1. The van der Waals surface area contributed by atoms with Gasteiger partial charge in [0.15, 0.2) is 18.1 Å². The number of ether oxygens (including phenoxy) is 2. The van der Waals surface area contributed by atoms with Crippen LogP contribution in [0.3, 0.4) is 0 Å². The summed E-state index contributed by atoms with van der Waals surface area (Å²) in [4.78, 5) is 12.2. The lowest BCUT2D eigenvalue weighted by Crippen LogP contribution is -2.42. The fourth-order valence-electron chi connectivity index (χ4n) is 4.31. The highest BCUT2D eigenvalue weighted by Gasteiger charge is 2.42. The quantitative estimate of drug-likeness (QED) is 0.871. The lowest BCUT2D eigenvalue weighted by molar-refractivity contribution is -0.124. The van der Waals surface area contributed by atoms with Crippen molar-refractivity contribution in [2.75, 3.05) is 13.7 Å². The smallest absolute Gasteiger partial charge is 0.258 e. The van der Waals surface area contributed by atoms with Gasteiger partial charge in [-0.3, -0.25) is 4.79 Å². The SMILES string of the molecule is COc1cc(C#N)ccc1OCC(=O)NC(C)C1CC2CCC1C2. The van der Waals surface area contributed by atoms with Crippen LogP contribution in [0.15, 0.2) is 18.2 Å². The molecular formula is C19H24N2O3. The molecule has 0 spiro atoms. The fraction of sp³-hybridized carbons (Fsp3) is 0.579. The van der Waals surface area contributed by atoms with Crippen molar-refractivity contribution in [2.45, 2.75) is 38.6 Å². The van der Waals surface area contributed by atoms with E-state index < -0.39 is 0 Å². The number of benzene rings is 1. The molecule has 1 amide bonds. The monoisotopic (exact) mass is 328 g/mol. The number of hydrogen-bond donors (Lipinski definition) is 1. The van der Waals surface area contributed by atoms with Crippen LogP contribution in [0.2, 0.25) is 0 Å². The fourth-order valence-corrected chi connectivity index (χ4v) is 4.31. The third-order valence-electron chi connectivity index (χ3n) is 5.48. The molecule has 3 rings (SSSR count). The van der Waals surface area contributed by atoms with E-state index in [4.69, 9.17) is 14.7 Å². The average Bonchev–Trinajstić information content (AvgIpc) is 3.23. The lowest BCUT2D eigenvalue weighted by Gasteiger charge is -2.28. The van der Waals surface area contributed by atoms with Gasteiger partial charge in [0.25, 0.3) is 5.91 Å². The molecule has 0 saturated heterocycles. The van der Waals surface area contributed by atoms with Gasteiger partial charge >= 0.3 is 0 Å². The third-order valence-corrected chi connectivity index (χ3v) is 5.48. The van der Waals surface area contributed by atoms with Crippen molar-refractivity contribution in [1.82, 2.24) is 5.32 Å². The van der Waals surface area contributed by atoms with Gasteiger partial charge in [0, 0.05) is 12.1 Å². The van der Waals surface area contributed by atoms with Crippen LogP contribution in [-0.2, 0) is 4.79 Å². The van der Waals surface area contributed by atoms with E-state index in [-0.39, 0.29) is 18.6 Å². The van der Waals surface area contributed by atoms with E-state index in [1.807, 2.05) is 6.07 Å². The van der Waals surface area contributed by atoms with Crippen molar-refractivity contribution in [1.29, 1.82) is 5.26 Å². The number of nitrogens with zero attached hydrogens (tertiary/aromatic N) is 1. The number of amides is 1. The molecule has 0 heterocycles. The number of rotatable bonds is 6. The van der Waals surface area contributed by atoms with Crippen LogP contribution in [0, 0.1) is 29.1 Å². The second-order valence-corrected chi connectivity index (χ2v) is 6.96. The molecule has 2 bridgehead atoms. The van der Waals surface area contributed by atoms with Crippen LogP contribution < -0.4 is 14.8 Å². The predicted octanol–water partition coefficient (Wildman–Crippen LogP) is 2.89. The number of nitriles is 1. The Bertz CT molecular complexity index is 653. The zero-order valence-corrected chi connectivity index (χ0v) is 14.2. The van der Waals surface area contributed by atoms with Crippen LogP contribution in [0.4, 0.5) is 0 Å². The molecule has 1 N–H and O–H groups in total. The normalized spacial score (nSPS) is 25.8. The minimum Gasteiger partial charge on any atom is -0.493 e. The van der Waals surface area contributed by atoms with Crippen molar-refractivity contribution >= 4 is 5.91 Å². The first-order valence-corrected chi connectivity index (χ1v) is 8.61. The third kappa shape index (κ3) is 3.48. The molecule has 2 fully saturated rings. The standard InChI is InChI=1S/C19H24N2O3/c1-12(16-8-13-3-5-15(16)7-13)21-19(22)11-24-17-6-4-14(10-20)9-18(17)23-2/h4,6,9,12-13,15-16H,3,5,7-8,11H2,1-2H3,(H,21,22). The molecule has 2 saturated carbocycles. The maximum Gasteiger partial charge on any atom is 0.258 e. The van der Waals surface area contributed by atoms with Crippen LogP contribution in [0.25, 0.3) is 0 Å². The zero-order valence-electron chi connectivity index (χ0n) is 14.2. The van der Waals surface area contributed by atoms with Crippen LogP contribution >= 0.6 is 0 Å². The Balaban J connectivity index is 1.51. The number of nitrogens with one attached hydrogen (secondary N) is 1. The summed E-state index contributed by atoms with van der Waals surface area (Å²) in [5, 5.41) is 12.0. The van der Waals surface area contributed by atoms with Gasteiger partial charge in [-0.05, 0) is 56.1 Å². The van der Waals surface area contributed by atoms with Crippen LogP contribution in [0.5, 0.6) is 11.5 Å². The molecule has 4 unspecified atom stereocenters. The maximum absolute atomic E-state index is 12.2. The summed E-state index contributed by atoms with van der Waals surface area (Å²) < 4.78 is 10.8. The van der Waals surface area contributed by atoms with Crippen molar-refractivity contribution in [2.24, 2.45) is 17.8 Å². The molecule has 0 radical (unpaired) electrons. The van der Waals surface area contributed by atoms with Gasteiger partial charge in [-0.1, -0.05) is 6.42 Å². The van der Waals surface area contributed by atoms with Crippen molar-refractivity contribution in [3.05, 3.63) is 23.8 Å². The van der Waals surface area contributed by atoms with Gasteiger partial charge < -0.3 is 14.8 Å². The Morgan fingerprint density at radius 1 is 1.38 bits per heavy atom. The molecule has 5 heteroatoms. The Kier molecular flexibility index (Phi) is 4.94. The van der Waals surface area contributed by atoms with Gasteiger partial charge in [0.2, 0.25) is 0 Å². The van der Waals surface area contributed by atoms with Gasteiger partial charge in [0.05, 0.1) is 18.7 Å². The first-order valence-electron chi connectivity index (χ1n) is 8.61. The second kappa shape index (κ2) is 7.12. The van der Waals surface area contributed by atoms with E-state index in [0.29, 0.717) is 23.0 Å². The van der Waals surface area contributed by atoms with Gasteiger partial charge in [-0.25, -0.2) is 0 Å². The molecule has 0 aliphatic heterocycles. The van der Waals surface area contributed by atoms with Crippen molar-refractivity contribution in [3.8, 4) is 17.6 Å². The molecule has 2 aliphatic carbocycles.